The van der Waals surface area contributed by atoms with E-state index in [1.54, 1.807) is 24.1 Å². The first-order valence-corrected chi connectivity index (χ1v) is 10.8. The first kappa shape index (κ1) is 20.1. The van der Waals surface area contributed by atoms with Gasteiger partial charge >= 0.3 is 0 Å². The van der Waals surface area contributed by atoms with Crippen LogP contribution in [0.3, 0.4) is 0 Å². The number of piperazine rings is 1. The van der Waals surface area contributed by atoms with Crippen LogP contribution in [0.5, 0.6) is 0 Å². The Kier molecular flexibility index (Phi) is 7.25. The number of carbonyl (C=O) groups excluding carboxylic acids is 1. The highest BCUT2D eigenvalue weighted by atomic mass is 32.2. The van der Waals surface area contributed by atoms with Crippen molar-refractivity contribution in [1.29, 1.82) is 0 Å². The maximum atomic E-state index is 12.3. The Balaban J connectivity index is 1.41. The summed E-state index contributed by atoms with van der Waals surface area (Å²) in [5.74, 6) is 2.20. The third-order valence-corrected chi connectivity index (χ3v) is 5.91. The molecule has 1 saturated heterocycles. The number of nitrogens with one attached hydrogen (secondary N) is 1. The van der Waals surface area contributed by atoms with Crippen molar-refractivity contribution in [3.05, 3.63) is 60.1 Å². The highest BCUT2D eigenvalue weighted by molar-refractivity contribution is 7.84. The molecule has 1 aromatic carbocycles. The maximum Gasteiger partial charge on any atom is 0.289 e. The molecule has 1 amide bonds. The van der Waals surface area contributed by atoms with Crippen LogP contribution >= 0.6 is 0 Å². The van der Waals surface area contributed by atoms with E-state index >= 15 is 0 Å². The molecule has 1 unspecified atom stereocenters. The Hall–Kier alpha value is -2.61. The normalized spacial score (nSPS) is 16.1. The molecule has 1 aliphatic rings. The molecule has 0 bridgehead atoms. The number of guanidine groups is 1. The van der Waals surface area contributed by atoms with E-state index < -0.39 is 10.8 Å². The number of aliphatic imine (C=N–C) groups is 1. The minimum Gasteiger partial charge on any atom is -0.459 e. The number of carbonyl (C=O) groups is 1. The van der Waals surface area contributed by atoms with Gasteiger partial charge in [-0.1, -0.05) is 30.3 Å². The predicted octanol–water partition coefficient (Wildman–Crippen LogP) is 1.56. The molecule has 1 aliphatic heterocycles. The SMILES string of the molecule is CN=C(NCCS(=O)Cc1ccccc1)N1CCN(C(=O)c2ccco2)CC1. The molecular weight excluding hydrogens is 376 g/mol. The number of amides is 1. The Bertz CT molecular complexity index is 800. The van der Waals surface area contributed by atoms with E-state index in [0.717, 1.165) is 11.5 Å². The zero-order valence-electron chi connectivity index (χ0n) is 16.0. The van der Waals surface area contributed by atoms with E-state index in [2.05, 4.69) is 15.2 Å². The Labute approximate surface area is 167 Å². The van der Waals surface area contributed by atoms with Crippen molar-refractivity contribution in [2.75, 3.05) is 45.5 Å². The molecule has 0 aliphatic carbocycles. The first-order chi connectivity index (χ1) is 13.7. The molecule has 1 atom stereocenters. The summed E-state index contributed by atoms with van der Waals surface area (Å²) >= 11 is 0. The van der Waals surface area contributed by atoms with Gasteiger partial charge in [-0.3, -0.25) is 14.0 Å². The Morgan fingerprint density at radius 2 is 1.82 bits per heavy atom. The average Bonchev–Trinajstić information content (AvgIpc) is 3.26. The monoisotopic (exact) mass is 402 g/mol. The van der Waals surface area contributed by atoms with E-state index in [0.29, 0.717) is 50.0 Å². The van der Waals surface area contributed by atoms with Crippen LogP contribution in [0, 0.1) is 0 Å². The minimum absolute atomic E-state index is 0.0797. The van der Waals surface area contributed by atoms with Gasteiger partial charge in [-0.05, 0) is 17.7 Å². The lowest BCUT2D eigenvalue weighted by Gasteiger charge is -2.36. The molecule has 8 heteroatoms. The summed E-state index contributed by atoms with van der Waals surface area (Å²) in [5, 5.41) is 3.29. The van der Waals surface area contributed by atoms with Gasteiger partial charge < -0.3 is 19.5 Å². The quantitative estimate of drug-likeness (QED) is 0.586. The number of rotatable bonds is 6. The largest absolute Gasteiger partial charge is 0.459 e. The van der Waals surface area contributed by atoms with Crippen LogP contribution in [0.15, 0.2) is 58.1 Å². The molecule has 0 radical (unpaired) electrons. The second kappa shape index (κ2) is 10.1. The van der Waals surface area contributed by atoms with Gasteiger partial charge in [0.1, 0.15) is 0 Å². The maximum absolute atomic E-state index is 12.3. The van der Waals surface area contributed by atoms with Gasteiger partial charge in [0.2, 0.25) is 0 Å². The van der Waals surface area contributed by atoms with Crippen LogP contribution < -0.4 is 5.32 Å². The fourth-order valence-electron chi connectivity index (χ4n) is 3.12. The molecule has 3 rings (SSSR count). The summed E-state index contributed by atoms with van der Waals surface area (Å²) in [6.07, 6.45) is 1.51. The molecule has 2 heterocycles. The summed E-state index contributed by atoms with van der Waals surface area (Å²) in [6.45, 7) is 3.20. The van der Waals surface area contributed by atoms with E-state index in [4.69, 9.17) is 4.42 Å². The fraction of sp³-hybridized carbons (Fsp3) is 0.400. The number of hydrogen-bond donors (Lipinski definition) is 1. The third-order valence-electron chi connectivity index (χ3n) is 4.59. The third kappa shape index (κ3) is 5.45. The van der Waals surface area contributed by atoms with Crippen LogP contribution in [0.25, 0.3) is 0 Å². The second-order valence-corrected chi connectivity index (χ2v) is 8.08. The van der Waals surface area contributed by atoms with Crippen molar-refractivity contribution >= 4 is 22.7 Å². The van der Waals surface area contributed by atoms with E-state index in [9.17, 15) is 9.00 Å². The van der Waals surface area contributed by atoms with Crippen LogP contribution in [0.2, 0.25) is 0 Å². The van der Waals surface area contributed by atoms with Gasteiger partial charge in [-0.2, -0.15) is 0 Å². The lowest BCUT2D eigenvalue weighted by Crippen LogP contribution is -2.54. The average molecular weight is 403 g/mol. The van der Waals surface area contributed by atoms with E-state index in [1.807, 2.05) is 30.3 Å². The van der Waals surface area contributed by atoms with Gasteiger partial charge in [0, 0.05) is 62.1 Å². The molecule has 1 fully saturated rings. The van der Waals surface area contributed by atoms with Crippen LogP contribution in [-0.2, 0) is 16.6 Å². The van der Waals surface area contributed by atoms with Gasteiger partial charge in [0.05, 0.1) is 6.26 Å². The van der Waals surface area contributed by atoms with E-state index in [-0.39, 0.29) is 5.91 Å². The van der Waals surface area contributed by atoms with Crippen molar-refractivity contribution in [3.8, 4) is 0 Å². The highest BCUT2D eigenvalue weighted by Crippen LogP contribution is 2.09. The summed E-state index contributed by atoms with van der Waals surface area (Å²) in [7, 11) is 0.817. The van der Waals surface area contributed by atoms with Gasteiger partial charge in [-0.15, -0.1) is 0 Å². The van der Waals surface area contributed by atoms with Gasteiger partial charge in [-0.25, -0.2) is 0 Å². The summed E-state index contributed by atoms with van der Waals surface area (Å²) in [4.78, 5) is 20.6. The fourth-order valence-corrected chi connectivity index (χ4v) is 4.16. The topological polar surface area (TPSA) is 78.2 Å². The zero-order chi connectivity index (χ0) is 19.8. The van der Waals surface area contributed by atoms with Crippen LogP contribution in [0.1, 0.15) is 16.1 Å². The zero-order valence-corrected chi connectivity index (χ0v) is 16.9. The van der Waals surface area contributed by atoms with Crippen molar-refractivity contribution in [1.82, 2.24) is 15.1 Å². The van der Waals surface area contributed by atoms with Gasteiger partial charge in [0.25, 0.3) is 5.91 Å². The number of benzene rings is 1. The van der Waals surface area contributed by atoms with Crippen molar-refractivity contribution < 1.29 is 13.4 Å². The summed E-state index contributed by atoms with van der Waals surface area (Å²) < 4.78 is 17.4. The Morgan fingerprint density at radius 1 is 1.11 bits per heavy atom. The predicted molar refractivity (Wildman–Crippen MR) is 111 cm³/mol. The smallest absolute Gasteiger partial charge is 0.289 e. The number of hydrogen-bond acceptors (Lipinski definition) is 4. The van der Waals surface area contributed by atoms with Crippen molar-refractivity contribution in [2.45, 2.75) is 5.75 Å². The lowest BCUT2D eigenvalue weighted by molar-refractivity contribution is 0.0658. The molecule has 28 heavy (non-hydrogen) atoms. The first-order valence-electron chi connectivity index (χ1n) is 9.34. The molecule has 0 spiro atoms. The molecule has 7 nitrogen and oxygen atoms in total. The number of furan rings is 1. The lowest BCUT2D eigenvalue weighted by atomic mass is 10.2. The van der Waals surface area contributed by atoms with Gasteiger partial charge in [0.15, 0.2) is 11.7 Å². The highest BCUT2D eigenvalue weighted by Gasteiger charge is 2.25. The Morgan fingerprint density at radius 3 is 2.46 bits per heavy atom. The van der Waals surface area contributed by atoms with Crippen LogP contribution in [0.4, 0.5) is 0 Å². The van der Waals surface area contributed by atoms with Crippen molar-refractivity contribution in [3.63, 3.8) is 0 Å². The summed E-state index contributed by atoms with van der Waals surface area (Å²) in [5.41, 5.74) is 1.09. The minimum atomic E-state index is -0.923. The van der Waals surface area contributed by atoms with Crippen LogP contribution in [-0.4, -0.2) is 71.4 Å². The van der Waals surface area contributed by atoms with E-state index in [1.165, 1.54) is 6.26 Å². The molecular formula is C20H26N4O3S. The molecule has 150 valence electrons. The molecule has 1 aromatic heterocycles. The standard InChI is InChI=1S/C20H26N4O3S/c1-21-20(22-9-15-28(26)16-17-6-3-2-4-7-17)24-12-10-23(11-13-24)19(25)18-8-5-14-27-18/h2-8,14H,9-13,15-16H2,1H3,(H,21,22). The molecule has 1 N–H and O–H groups in total. The molecule has 0 saturated carbocycles. The molecule has 2 aromatic rings. The number of nitrogens with zero attached hydrogens (tertiary/aromatic N) is 3. The summed E-state index contributed by atoms with van der Waals surface area (Å²) in [6, 6.07) is 13.3. The second-order valence-electron chi connectivity index (χ2n) is 6.50. The van der Waals surface area contributed by atoms with Crippen molar-refractivity contribution in [2.24, 2.45) is 4.99 Å².